The monoisotopic (exact) mass is 640 g/mol. The van der Waals surface area contributed by atoms with Crippen molar-refractivity contribution in [3.8, 4) is 23.0 Å². The van der Waals surface area contributed by atoms with Gasteiger partial charge in [-0.3, -0.25) is 13.7 Å². The highest BCUT2D eigenvalue weighted by Crippen LogP contribution is 2.51. The number of fused-ring (bicyclic) bond motifs is 1. The van der Waals surface area contributed by atoms with E-state index in [1.54, 1.807) is 0 Å². The van der Waals surface area contributed by atoms with Crippen LogP contribution in [0.2, 0.25) is 0 Å². The third-order valence-electron chi connectivity index (χ3n) is 5.48. The molecule has 0 aliphatic heterocycles. The molecule has 0 aromatic heterocycles. The van der Waals surface area contributed by atoms with Gasteiger partial charge in [0, 0.05) is 10.8 Å². The molecule has 42 heavy (non-hydrogen) atoms. The van der Waals surface area contributed by atoms with Crippen molar-refractivity contribution in [3.05, 3.63) is 54.6 Å². The largest absolute Gasteiger partial charge is 0.506 e. The number of rotatable bonds is 7. The fourth-order valence-corrected chi connectivity index (χ4v) is 4.97. The van der Waals surface area contributed by atoms with Crippen molar-refractivity contribution < 1.29 is 59.3 Å². The Morgan fingerprint density at radius 3 is 1.21 bits per heavy atom. The molecule has 0 radical (unpaired) electrons. The number of phenols is 4. The van der Waals surface area contributed by atoms with Crippen LogP contribution in [0.5, 0.6) is 23.0 Å². The van der Waals surface area contributed by atoms with Gasteiger partial charge in [0.1, 0.15) is 34.2 Å². The standard InChI is InChI=1S/C22H16N4O13S3/c27-17-5-2-11(41(34,35)36)8-15(17)23-25-19-13-4-1-10(40(31,32)33)7-14(13)20(22(30)21(19)29)26-24-16-9-12(42(37,38)39)3-6-18(16)28/h1-9,27-30H,(H,31,32,33)(H,34,35,36)(H,37,38,39). The van der Waals surface area contributed by atoms with E-state index in [4.69, 9.17) is 0 Å². The Balaban J connectivity index is 1.96. The van der Waals surface area contributed by atoms with Gasteiger partial charge in [-0.15, -0.1) is 20.5 Å². The van der Waals surface area contributed by atoms with E-state index in [2.05, 4.69) is 20.5 Å². The van der Waals surface area contributed by atoms with Gasteiger partial charge in [0.25, 0.3) is 30.4 Å². The number of hydrogen-bond acceptors (Lipinski definition) is 14. The summed E-state index contributed by atoms with van der Waals surface area (Å²) in [7, 11) is -14.3. The van der Waals surface area contributed by atoms with Crippen molar-refractivity contribution in [2.24, 2.45) is 20.5 Å². The lowest BCUT2D eigenvalue weighted by Crippen LogP contribution is -1.97. The fourth-order valence-electron chi connectivity index (χ4n) is 3.46. The summed E-state index contributed by atoms with van der Waals surface area (Å²) in [6.07, 6.45) is 0. The molecule has 4 rings (SSSR count). The zero-order valence-corrected chi connectivity index (χ0v) is 22.7. The number of benzene rings is 4. The van der Waals surface area contributed by atoms with Gasteiger partial charge in [0.05, 0.1) is 14.7 Å². The van der Waals surface area contributed by atoms with E-state index in [1.807, 2.05) is 0 Å². The summed E-state index contributed by atoms with van der Waals surface area (Å²) < 4.78 is 97.3. The highest BCUT2D eigenvalue weighted by molar-refractivity contribution is 7.86. The Morgan fingerprint density at radius 2 is 0.810 bits per heavy atom. The summed E-state index contributed by atoms with van der Waals surface area (Å²) in [4.78, 5) is -2.06. The summed E-state index contributed by atoms with van der Waals surface area (Å²) in [5.74, 6) is -3.38. The number of nitrogens with zero attached hydrogens (tertiary/aromatic N) is 4. The van der Waals surface area contributed by atoms with E-state index >= 15 is 0 Å². The van der Waals surface area contributed by atoms with Gasteiger partial charge in [-0.05, 0) is 48.5 Å². The van der Waals surface area contributed by atoms with Gasteiger partial charge in [-0.1, -0.05) is 6.07 Å². The van der Waals surface area contributed by atoms with Crippen molar-refractivity contribution >= 4 is 63.9 Å². The molecule has 220 valence electrons. The minimum atomic E-state index is -4.84. The molecule has 0 amide bonds. The third kappa shape index (κ3) is 6.12. The molecular formula is C22H16N4O13S3. The predicted octanol–water partition coefficient (Wildman–Crippen LogP) is 4.23. The molecule has 0 heterocycles. The summed E-state index contributed by atoms with van der Waals surface area (Å²) in [6, 6.07) is 7.59. The number of aromatic hydroxyl groups is 4. The van der Waals surface area contributed by atoms with Crippen LogP contribution in [0.4, 0.5) is 22.7 Å². The second-order valence-corrected chi connectivity index (χ2v) is 12.5. The second-order valence-electron chi connectivity index (χ2n) is 8.23. The maximum absolute atomic E-state index is 11.8. The third-order valence-corrected chi connectivity index (χ3v) is 8.03. The molecule has 0 bridgehead atoms. The van der Waals surface area contributed by atoms with Crippen LogP contribution in [0.1, 0.15) is 0 Å². The van der Waals surface area contributed by atoms with E-state index in [0.29, 0.717) is 6.07 Å². The summed E-state index contributed by atoms with van der Waals surface area (Å²) in [5, 5.41) is 55.6. The molecule has 0 saturated heterocycles. The van der Waals surface area contributed by atoms with Crippen molar-refractivity contribution in [1.29, 1.82) is 0 Å². The van der Waals surface area contributed by atoms with E-state index in [1.165, 1.54) is 0 Å². The van der Waals surface area contributed by atoms with Gasteiger partial charge < -0.3 is 20.4 Å². The average molecular weight is 641 g/mol. The Bertz CT molecular complexity index is 2160. The maximum atomic E-state index is 11.8. The lowest BCUT2D eigenvalue weighted by atomic mass is 10.1. The maximum Gasteiger partial charge on any atom is 0.294 e. The first-order valence-electron chi connectivity index (χ1n) is 10.8. The number of phenolic OH excluding ortho intramolecular Hbond substituents is 4. The number of azo groups is 2. The fraction of sp³-hybridized carbons (Fsp3) is 0. The molecule has 0 fully saturated rings. The molecule has 0 aliphatic rings. The molecule has 0 aliphatic carbocycles. The molecule has 0 unspecified atom stereocenters. The highest BCUT2D eigenvalue weighted by atomic mass is 32.2. The number of hydrogen-bond donors (Lipinski definition) is 7. The van der Waals surface area contributed by atoms with E-state index in [-0.39, 0.29) is 10.8 Å². The minimum Gasteiger partial charge on any atom is -0.506 e. The Morgan fingerprint density at radius 1 is 0.452 bits per heavy atom. The normalized spacial score (nSPS) is 12.9. The lowest BCUT2D eigenvalue weighted by Gasteiger charge is -2.11. The predicted molar refractivity (Wildman–Crippen MR) is 141 cm³/mol. The molecule has 4 aromatic carbocycles. The SMILES string of the molecule is O=S(=O)(O)c1ccc(O)c(N=Nc2c(O)c(O)c(N=Nc3cc(S(=O)(=O)O)ccc3O)c3cc(S(=O)(=O)O)ccc23)c1. The smallest absolute Gasteiger partial charge is 0.294 e. The molecule has 17 nitrogen and oxygen atoms in total. The zero-order chi connectivity index (χ0) is 31.2. The van der Waals surface area contributed by atoms with Crippen LogP contribution in [0.3, 0.4) is 0 Å². The second kappa shape index (κ2) is 10.6. The van der Waals surface area contributed by atoms with Crippen molar-refractivity contribution in [2.75, 3.05) is 0 Å². The van der Waals surface area contributed by atoms with Crippen LogP contribution in [-0.4, -0.2) is 59.3 Å². The Labute approximate surface area is 235 Å². The topological polar surface area (TPSA) is 293 Å². The first kappa shape index (κ1) is 30.2. The van der Waals surface area contributed by atoms with Gasteiger partial charge in [-0.25, -0.2) is 0 Å². The summed E-state index contributed by atoms with van der Waals surface area (Å²) >= 11 is 0. The van der Waals surface area contributed by atoms with E-state index in [9.17, 15) is 59.3 Å². The summed E-state index contributed by atoms with van der Waals surface area (Å²) in [6.45, 7) is 0. The van der Waals surface area contributed by atoms with Crippen LogP contribution in [-0.2, 0) is 30.4 Å². The highest BCUT2D eigenvalue weighted by Gasteiger charge is 2.22. The zero-order valence-electron chi connectivity index (χ0n) is 20.3. The van der Waals surface area contributed by atoms with E-state index in [0.717, 1.165) is 48.5 Å². The van der Waals surface area contributed by atoms with Gasteiger partial charge in [0.2, 0.25) is 0 Å². The first-order valence-corrected chi connectivity index (χ1v) is 15.1. The molecule has 4 aromatic rings. The Hall–Kier alpha value is -4.73. The summed E-state index contributed by atoms with van der Waals surface area (Å²) in [5.41, 5.74) is -2.29. The molecule has 0 atom stereocenters. The molecule has 0 spiro atoms. The van der Waals surface area contributed by atoms with Gasteiger partial charge in [-0.2, -0.15) is 25.3 Å². The van der Waals surface area contributed by atoms with Crippen LogP contribution in [0.25, 0.3) is 10.8 Å². The van der Waals surface area contributed by atoms with Crippen molar-refractivity contribution in [1.82, 2.24) is 0 Å². The molecule has 7 N–H and O–H groups in total. The minimum absolute atomic E-state index is 0.197. The molecule has 20 heteroatoms. The van der Waals surface area contributed by atoms with Crippen molar-refractivity contribution in [3.63, 3.8) is 0 Å². The first-order chi connectivity index (χ1) is 19.4. The van der Waals surface area contributed by atoms with Crippen LogP contribution >= 0.6 is 0 Å². The quantitative estimate of drug-likeness (QED) is 0.0846. The lowest BCUT2D eigenvalue weighted by molar-refractivity contribution is 0.406. The van der Waals surface area contributed by atoms with Crippen LogP contribution in [0.15, 0.2) is 89.7 Å². The van der Waals surface area contributed by atoms with Crippen LogP contribution < -0.4 is 0 Å². The van der Waals surface area contributed by atoms with Gasteiger partial charge in [0.15, 0.2) is 11.5 Å². The molecule has 0 saturated carbocycles. The van der Waals surface area contributed by atoms with Crippen LogP contribution in [0, 0.1) is 0 Å². The average Bonchev–Trinajstić information content (AvgIpc) is 2.88. The molecular weight excluding hydrogens is 624 g/mol. The van der Waals surface area contributed by atoms with E-state index < -0.39 is 90.8 Å². The van der Waals surface area contributed by atoms with Gasteiger partial charge >= 0.3 is 0 Å². The van der Waals surface area contributed by atoms with Crippen molar-refractivity contribution in [2.45, 2.75) is 14.7 Å². The Kier molecular flexibility index (Phi) is 7.62.